The first kappa shape index (κ1) is 13.8. The first-order chi connectivity index (χ1) is 7.39. The molecule has 1 atom stereocenters. The summed E-state index contributed by atoms with van der Waals surface area (Å²) in [6.45, 7) is 3.52. The second kappa shape index (κ2) is 5.35. The molecule has 1 heterocycles. The number of rotatable bonds is 4. The zero-order valence-electron chi connectivity index (χ0n) is 9.14. The average molecular weight is 257 g/mol. The van der Waals surface area contributed by atoms with E-state index >= 15 is 0 Å². The Kier molecular flexibility index (Phi) is 4.60. The van der Waals surface area contributed by atoms with Gasteiger partial charge in [-0.25, -0.2) is 8.42 Å². The van der Waals surface area contributed by atoms with Gasteiger partial charge in [0.2, 0.25) is 0 Å². The van der Waals surface area contributed by atoms with Crippen molar-refractivity contribution in [3.63, 3.8) is 0 Å². The molecule has 96 valence electrons. The summed E-state index contributed by atoms with van der Waals surface area (Å²) in [5.41, 5.74) is 5.48. The molecule has 8 heteroatoms. The highest BCUT2D eigenvalue weighted by Crippen LogP contribution is 2.15. The zero-order valence-corrected chi connectivity index (χ0v) is 9.96. The molecule has 0 spiro atoms. The summed E-state index contributed by atoms with van der Waals surface area (Å²) in [6.07, 6.45) is 0. The maximum atomic E-state index is 12.3. The molecule has 1 fully saturated rings. The molecule has 0 aliphatic carbocycles. The fraction of sp³-hybridized carbons (Fsp3) is 1.00. The lowest BCUT2D eigenvalue weighted by molar-refractivity contribution is 0.139. The molecule has 0 aromatic carbocycles. The predicted octanol–water partition coefficient (Wildman–Crippen LogP) is -0.496. The van der Waals surface area contributed by atoms with E-state index in [2.05, 4.69) is 0 Å². The van der Waals surface area contributed by atoms with Gasteiger partial charge in [0.25, 0.3) is 10.0 Å². The maximum Gasteiger partial charge on any atom is 0.350 e. The van der Waals surface area contributed by atoms with Crippen LogP contribution in [0.5, 0.6) is 0 Å². The van der Waals surface area contributed by atoms with Gasteiger partial charge in [0.15, 0.2) is 0 Å². The van der Waals surface area contributed by atoms with Crippen molar-refractivity contribution < 1.29 is 17.2 Å². The molecule has 5 nitrogen and oxygen atoms in total. The molecule has 2 N–H and O–H groups in total. The van der Waals surface area contributed by atoms with Crippen molar-refractivity contribution in [3.8, 4) is 0 Å². The molecule has 1 aliphatic heterocycles. The third-order valence-corrected chi connectivity index (χ3v) is 4.36. The smallest absolute Gasteiger partial charge is 0.329 e. The second-order valence-corrected chi connectivity index (χ2v) is 5.73. The Bertz CT molecular complexity index is 315. The first-order valence-corrected chi connectivity index (χ1v) is 6.61. The number of sulfonamides is 1. The van der Waals surface area contributed by atoms with Gasteiger partial charge < -0.3 is 5.73 Å². The Morgan fingerprint density at radius 3 is 2.12 bits per heavy atom. The molecule has 0 bridgehead atoms. The van der Waals surface area contributed by atoms with Crippen LogP contribution in [0.2, 0.25) is 0 Å². The van der Waals surface area contributed by atoms with Crippen LogP contribution in [0.4, 0.5) is 8.78 Å². The van der Waals surface area contributed by atoms with Gasteiger partial charge in [-0.15, -0.1) is 0 Å². The van der Waals surface area contributed by atoms with Crippen LogP contribution < -0.4 is 5.73 Å². The molecule has 1 aliphatic rings. The molecule has 16 heavy (non-hydrogen) atoms. The van der Waals surface area contributed by atoms with Crippen molar-refractivity contribution in [1.82, 2.24) is 9.21 Å². The summed E-state index contributed by atoms with van der Waals surface area (Å²) < 4.78 is 47.7. The standard InChI is InChI=1S/C8H17F2N3O2S/c1-7(6-11)12-2-4-13(5-3-12)16(14,15)8(9)10/h7-8H,2-6,11H2,1H3. The van der Waals surface area contributed by atoms with Crippen LogP contribution in [0.3, 0.4) is 0 Å². The van der Waals surface area contributed by atoms with Gasteiger partial charge in [0, 0.05) is 38.8 Å². The molecular weight excluding hydrogens is 240 g/mol. The highest BCUT2D eigenvalue weighted by Gasteiger charge is 2.34. The van der Waals surface area contributed by atoms with E-state index in [0.29, 0.717) is 19.6 Å². The largest absolute Gasteiger partial charge is 0.350 e. The van der Waals surface area contributed by atoms with Gasteiger partial charge in [-0.3, -0.25) is 4.90 Å². The van der Waals surface area contributed by atoms with Crippen molar-refractivity contribution in [3.05, 3.63) is 0 Å². The number of hydrogen-bond donors (Lipinski definition) is 1. The van der Waals surface area contributed by atoms with Crippen LogP contribution in [0.25, 0.3) is 0 Å². The Morgan fingerprint density at radius 2 is 1.75 bits per heavy atom. The summed E-state index contributed by atoms with van der Waals surface area (Å²) in [7, 11) is -4.41. The SMILES string of the molecule is CC(CN)N1CCN(S(=O)(=O)C(F)F)CC1. The fourth-order valence-electron chi connectivity index (χ4n) is 1.66. The third-order valence-electron chi connectivity index (χ3n) is 2.82. The second-order valence-electron chi connectivity index (χ2n) is 3.83. The Hall–Kier alpha value is -0.310. The van der Waals surface area contributed by atoms with Crippen molar-refractivity contribution in [2.75, 3.05) is 32.7 Å². The highest BCUT2D eigenvalue weighted by atomic mass is 32.2. The number of halogens is 2. The van der Waals surface area contributed by atoms with Gasteiger partial charge in [-0.1, -0.05) is 0 Å². The molecule has 0 radical (unpaired) electrons. The predicted molar refractivity (Wildman–Crippen MR) is 56.6 cm³/mol. The molecule has 0 saturated carbocycles. The van der Waals surface area contributed by atoms with Gasteiger partial charge in [0.05, 0.1) is 0 Å². The van der Waals surface area contributed by atoms with E-state index in [1.165, 1.54) is 0 Å². The molecule has 1 rings (SSSR count). The van der Waals surface area contributed by atoms with Gasteiger partial charge in [-0.05, 0) is 6.92 Å². The number of hydrogen-bond acceptors (Lipinski definition) is 4. The summed E-state index contributed by atoms with van der Waals surface area (Å²) in [5.74, 6) is -3.33. The lowest BCUT2D eigenvalue weighted by Crippen LogP contribution is -2.53. The third kappa shape index (κ3) is 2.88. The van der Waals surface area contributed by atoms with Crippen LogP contribution in [0, 0.1) is 0 Å². The quantitative estimate of drug-likeness (QED) is 0.737. The normalized spacial score (nSPS) is 22.6. The molecule has 0 aromatic heterocycles. The topological polar surface area (TPSA) is 66.6 Å². The van der Waals surface area contributed by atoms with E-state index in [1.54, 1.807) is 0 Å². The minimum Gasteiger partial charge on any atom is -0.329 e. The molecule has 1 saturated heterocycles. The minimum absolute atomic E-state index is 0.108. The van der Waals surface area contributed by atoms with E-state index in [9.17, 15) is 17.2 Å². The van der Waals surface area contributed by atoms with E-state index in [-0.39, 0.29) is 19.1 Å². The minimum atomic E-state index is -4.41. The Labute approximate surface area is 94.2 Å². The van der Waals surface area contributed by atoms with E-state index < -0.39 is 15.8 Å². The number of alkyl halides is 2. The first-order valence-electron chi connectivity index (χ1n) is 5.11. The Balaban J connectivity index is 2.56. The van der Waals surface area contributed by atoms with E-state index in [1.807, 2.05) is 11.8 Å². The van der Waals surface area contributed by atoms with Crippen molar-refractivity contribution in [2.24, 2.45) is 5.73 Å². The van der Waals surface area contributed by atoms with E-state index in [0.717, 1.165) is 4.31 Å². The van der Waals surface area contributed by atoms with Crippen LogP contribution in [-0.2, 0) is 10.0 Å². The van der Waals surface area contributed by atoms with Gasteiger partial charge >= 0.3 is 5.76 Å². The maximum absolute atomic E-state index is 12.3. The number of nitrogens with zero attached hydrogens (tertiary/aromatic N) is 2. The van der Waals surface area contributed by atoms with Crippen LogP contribution in [0.1, 0.15) is 6.92 Å². The van der Waals surface area contributed by atoms with Crippen LogP contribution in [0.15, 0.2) is 0 Å². The lowest BCUT2D eigenvalue weighted by Gasteiger charge is -2.36. The van der Waals surface area contributed by atoms with Gasteiger partial charge in [-0.2, -0.15) is 13.1 Å². The molecule has 0 aromatic rings. The van der Waals surface area contributed by atoms with Gasteiger partial charge in [0.1, 0.15) is 0 Å². The summed E-state index contributed by atoms with van der Waals surface area (Å²) in [4.78, 5) is 2.00. The molecular formula is C8H17F2N3O2S. The number of piperazine rings is 1. The van der Waals surface area contributed by atoms with E-state index in [4.69, 9.17) is 5.73 Å². The molecule has 1 unspecified atom stereocenters. The van der Waals surface area contributed by atoms with Crippen LogP contribution >= 0.6 is 0 Å². The van der Waals surface area contributed by atoms with Crippen molar-refractivity contribution >= 4 is 10.0 Å². The molecule has 0 amide bonds. The Morgan fingerprint density at radius 1 is 1.25 bits per heavy atom. The summed E-state index contributed by atoms with van der Waals surface area (Å²) in [6, 6.07) is 0.149. The fourth-order valence-corrected chi connectivity index (χ4v) is 2.56. The van der Waals surface area contributed by atoms with Crippen molar-refractivity contribution in [2.45, 2.75) is 18.7 Å². The van der Waals surface area contributed by atoms with Crippen molar-refractivity contribution in [1.29, 1.82) is 0 Å². The lowest BCUT2D eigenvalue weighted by atomic mass is 10.2. The zero-order chi connectivity index (χ0) is 12.3. The number of nitrogens with two attached hydrogens (primary N) is 1. The monoisotopic (exact) mass is 257 g/mol. The summed E-state index contributed by atoms with van der Waals surface area (Å²) in [5, 5.41) is 0. The summed E-state index contributed by atoms with van der Waals surface area (Å²) >= 11 is 0. The van der Waals surface area contributed by atoms with Crippen LogP contribution in [-0.4, -0.2) is 62.1 Å². The average Bonchev–Trinajstić information content (AvgIpc) is 2.28. The highest BCUT2D eigenvalue weighted by molar-refractivity contribution is 7.89.